The lowest BCUT2D eigenvalue weighted by atomic mass is 10.1. The fraction of sp³-hybridized carbons (Fsp3) is 0.267. The van der Waals surface area contributed by atoms with E-state index in [2.05, 4.69) is 9.89 Å². The number of ether oxygens (including phenoxy) is 1. The summed E-state index contributed by atoms with van der Waals surface area (Å²) in [5.74, 6) is 0.134. The number of likely N-dealkylation sites (tertiary alicyclic amines) is 1. The topological polar surface area (TPSA) is 65.4 Å². The van der Waals surface area contributed by atoms with Crippen molar-refractivity contribution < 1.29 is 27.8 Å². The molecule has 0 bridgehead atoms. The Labute approximate surface area is 224 Å². The maximum absolute atomic E-state index is 13.5. The van der Waals surface area contributed by atoms with Gasteiger partial charge in [0.1, 0.15) is 18.1 Å². The highest BCUT2D eigenvalue weighted by molar-refractivity contribution is 6.56. The van der Waals surface area contributed by atoms with E-state index in [1.807, 2.05) is 12.2 Å². The Kier molecular flexibility index (Phi) is 7.81. The summed E-state index contributed by atoms with van der Waals surface area (Å²) in [5, 5.41) is 9.45. The van der Waals surface area contributed by atoms with Gasteiger partial charge in [-0.25, -0.2) is 4.99 Å². The molecule has 1 atom stereocenters. The summed E-state index contributed by atoms with van der Waals surface area (Å²) in [4.78, 5) is 21.6. The number of carbonyl (C=O) groups is 1. The first-order valence-electron chi connectivity index (χ1n) is 12.8. The minimum Gasteiger partial charge on any atom is -0.489 e. The first-order chi connectivity index (χ1) is 18.8. The maximum atomic E-state index is 13.5. The number of alkyl halides is 3. The Bertz CT molecular complexity index is 1400. The van der Waals surface area contributed by atoms with E-state index in [9.17, 15) is 23.1 Å². The van der Waals surface area contributed by atoms with Crippen molar-refractivity contribution in [1.82, 2.24) is 4.90 Å². The van der Waals surface area contributed by atoms with Crippen LogP contribution in [0.5, 0.6) is 5.75 Å². The van der Waals surface area contributed by atoms with Crippen LogP contribution in [0.3, 0.4) is 0 Å². The molecule has 2 aliphatic heterocycles. The third kappa shape index (κ3) is 5.89. The molecule has 0 aromatic heterocycles. The third-order valence-electron chi connectivity index (χ3n) is 6.86. The molecule has 0 spiro atoms. The van der Waals surface area contributed by atoms with E-state index in [0.29, 0.717) is 29.3 Å². The zero-order chi connectivity index (χ0) is 27.4. The number of para-hydroxylation sites is 1. The smallest absolute Gasteiger partial charge is 0.416 e. The molecule has 0 radical (unpaired) electrons. The van der Waals surface area contributed by atoms with Crippen LogP contribution in [0.2, 0.25) is 0 Å². The maximum Gasteiger partial charge on any atom is 0.416 e. The average molecular weight is 536 g/mol. The molecule has 1 fully saturated rings. The van der Waals surface area contributed by atoms with Crippen molar-refractivity contribution in [3.63, 3.8) is 0 Å². The molecule has 1 saturated heterocycles. The first kappa shape index (κ1) is 26.6. The molecule has 1 N–H and O–H groups in total. The van der Waals surface area contributed by atoms with E-state index in [4.69, 9.17) is 4.74 Å². The van der Waals surface area contributed by atoms with Crippen LogP contribution in [0.4, 0.5) is 30.2 Å². The van der Waals surface area contributed by atoms with Gasteiger partial charge < -0.3 is 9.84 Å². The lowest BCUT2D eigenvalue weighted by molar-refractivity contribution is -0.137. The largest absolute Gasteiger partial charge is 0.489 e. The van der Waals surface area contributed by atoms with Crippen LogP contribution in [0.15, 0.2) is 89.9 Å². The number of aliphatic hydroxyl groups excluding tert-OH is 1. The van der Waals surface area contributed by atoms with Gasteiger partial charge in [0.25, 0.3) is 5.91 Å². The Balaban J connectivity index is 1.33. The fourth-order valence-corrected chi connectivity index (χ4v) is 4.92. The molecular formula is C30H28F3N3O3. The Hall–Kier alpha value is -3.95. The Morgan fingerprint density at radius 2 is 1.85 bits per heavy atom. The number of amides is 1. The summed E-state index contributed by atoms with van der Waals surface area (Å²) in [5.41, 5.74) is 0.986. The minimum absolute atomic E-state index is 0.0490. The van der Waals surface area contributed by atoms with Crippen LogP contribution in [-0.4, -0.2) is 54.0 Å². The third-order valence-corrected chi connectivity index (χ3v) is 6.86. The number of hydrogen-bond donors (Lipinski definition) is 1. The van der Waals surface area contributed by atoms with Crippen LogP contribution in [-0.2, 0) is 11.0 Å². The van der Waals surface area contributed by atoms with Gasteiger partial charge in [-0.3, -0.25) is 14.6 Å². The summed E-state index contributed by atoms with van der Waals surface area (Å²) < 4.78 is 45.5. The molecule has 9 heteroatoms. The lowest BCUT2D eigenvalue weighted by Gasteiger charge is -2.20. The van der Waals surface area contributed by atoms with Gasteiger partial charge >= 0.3 is 6.18 Å². The molecule has 1 amide bonds. The van der Waals surface area contributed by atoms with Gasteiger partial charge in [0.2, 0.25) is 0 Å². The van der Waals surface area contributed by atoms with E-state index in [0.717, 1.165) is 38.1 Å². The zero-order valence-electron chi connectivity index (χ0n) is 21.1. The molecule has 6 nitrogen and oxygen atoms in total. The van der Waals surface area contributed by atoms with Gasteiger partial charge in [0, 0.05) is 24.2 Å². The van der Waals surface area contributed by atoms with E-state index in [-0.39, 0.29) is 24.0 Å². The fourth-order valence-electron chi connectivity index (χ4n) is 4.92. The summed E-state index contributed by atoms with van der Waals surface area (Å²) in [6.45, 7) is 2.24. The quantitative estimate of drug-likeness (QED) is 0.365. The van der Waals surface area contributed by atoms with E-state index in [1.165, 1.54) is 17.0 Å². The lowest BCUT2D eigenvalue weighted by Crippen LogP contribution is -2.32. The number of benzene rings is 3. The number of rotatable bonds is 8. The number of nitrogens with zero attached hydrogens (tertiary/aromatic N) is 3. The molecule has 2 aliphatic rings. The second-order valence-corrected chi connectivity index (χ2v) is 9.42. The number of fused-ring (bicyclic) bond motifs is 1. The highest BCUT2D eigenvalue weighted by Crippen LogP contribution is 2.38. The minimum atomic E-state index is -4.51. The van der Waals surface area contributed by atoms with Gasteiger partial charge in [-0.05, 0) is 55.8 Å². The van der Waals surface area contributed by atoms with Crippen molar-refractivity contribution in [3.05, 3.63) is 96.1 Å². The predicted octanol–water partition coefficient (Wildman–Crippen LogP) is 5.90. The molecular weight excluding hydrogens is 507 g/mol. The normalized spacial score (nSPS) is 18.9. The molecule has 3 aromatic carbocycles. The van der Waals surface area contributed by atoms with Crippen molar-refractivity contribution in [2.75, 3.05) is 31.2 Å². The van der Waals surface area contributed by atoms with Crippen LogP contribution < -0.4 is 9.64 Å². The summed E-state index contributed by atoms with van der Waals surface area (Å²) >= 11 is 0. The van der Waals surface area contributed by atoms with Gasteiger partial charge in [-0.2, -0.15) is 13.2 Å². The summed E-state index contributed by atoms with van der Waals surface area (Å²) in [6.07, 6.45) is 1.54. The van der Waals surface area contributed by atoms with Crippen molar-refractivity contribution in [1.29, 1.82) is 0 Å². The monoisotopic (exact) mass is 535 g/mol. The zero-order valence-corrected chi connectivity index (χ0v) is 21.1. The number of anilines is 2. The van der Waals surface area contributed by atoms with Gasteiger partial charge in [-0.1, -0.05) is 42.5 Å². The van der Waals surface area contributed by atoms with Crippen molar-refractivity contribution >= 4 is 28.7 Å². The van der Waals surface area contributed by atoms with Crippen molar-refractivity contribution in [2.45, 2.75) is 25.1 Å². The average Bonchev–Trinajstić information content (AvgIpc) is 3.50. The van der Waals surface area contributed by atoms with Crippen LogP contribution in [0, 0.1) is 0 Å². The molecule has 0 unspecified atom stereocenters. The van der Waals surface area contributed by atoms with E-state index in [1.54, 1.807) is 48.5 Å². The van der Waals surface area contributed by atoms with Crippen LogP contribution in [0.1, 0.15) is 24.0 Å². The molecule has 0 aliphatic carbocycles. The van der Waals surface area contributed by atoms with Crippen LogP contribution >= 0.6 is 0 Å². The van der Waals surface area contributed by atoms with E-state index >= 15 is 0 Å². The number of aliphatic imine (C=N–C) groups is 1. The molecule has 0 saturated carbocycles. The SMILES string of the molecule is O=C1C(=Nc2cccc(C(F)(F)F)c2)c2ccccc2N1c1cccc(OCC=CCN2CCC[C@@H]2CO)c1. The summed E-state index contributed by atoms with van der Waals surface area (Å²) in [6, 6.07) is 19.0. The number of halogens is 3. The predicted molar refractivity (Wildman–Crippen MR) is 144 cm³/mol. The van der Waals surface area contributed by atoms with Gasteiger partial charge in [0.05, 0.1) is 29.2 Å². The molecule has 39 heavy (non-hydrogen) atoms. The first-order valence-corrected chi connectivity index (χ1v) is 12.8. The summed E-state index contributed by atoms with van der Waals surface area (Å²) in [7, 11) is 0. The Morgan fingerprint density at radius 3 is 2.67 bits per heavy atom. The highest BCUT2D eigenvalue weighted by Gasteiger charge is 2.35. The molecule has 202 valence electrons. The highest BCUT2D eigenvalue weighted by atomic mass is 19.4. The number of aliphatic hydroxyl groups is 1. The number of carbonyl (C=O) groups excluding carboxylic acids is 1. The molecule has 3 aromatic rings. The van der Waals surface area contributed by atoms with E-state index < -0.39 is 17.6 Å². The van der Waals surface area contributed by atoms with Gasteiger partial charge in [-0.15, -0.1) is 0 Å². The van der Waals surface area contributed by atoms with Crippen molar-refractivity contribution in [2.24, 2.45) is 4.99 Å². The number of hydrogen-bond acceptors (Lipinski definition) is 5. The van der Waals surface area contributed by atoms with Crippen LogP contribution in [0.25, 0.3) is 0 Å². The second-order valence-electron chi connectivity index (χ2n) is 9.42. The molecule has 5 rings (SSSR count). The van der Waals surface area contributed by atoms with Crippen molar-refractivity contribution in [3.8, 4) is 5.75 Å². The second kappa shape index (κ2) is 11.4. The van der Waals surface area contributed by atoms with Gasteiger partial charge in [0.15, 0.2) is 0 Å². The standard InChI is InChI=1S/C30H28F3N3O3/c31-30(32,33)21-8-5-9-22(18-21)34-28-26-13-1-2-14-27(26)36(29(28)38)23-10-6-12-25(19-23)39-17-4-3-15-35-16-7-11-24(35)20-37/h1-6,8-10,12-14,18-19,24,37H,7,11,15-17,20H2/t24-/m1/s1. The Morgan fingerprint density at radius 1 is 1.03 bits per heavy atom. The molecule has 2 heterocycles.